The number of carbonyl (C=O) groups excluding carboxylic acids is 2. The quantitative estimate of drug-likeness (QED) is 0.660. The first-order chi connectivity index (χ1) is 13.4. The highest BCUT2D eigenvalue weighted by atomic mass is 19.1. The summed E-state index contributed by atoms with van der Waals surface area (Å²) < 4.78 is 37.4. The number of halogens is 2. The normalized spacial score (nSPS) is 10.4. The summed E-state index contributed by atoms with van der Waals surface area (Å²) in [6.45, 7) is 1.31. The Bertz CT molecular complexity index is 1000. The van der Waals surface area contributed by atoms with Crippen LogP contribution in [0.4, 0.5) is 20.2 Å². The highest BCUT2D eigenvalue weighted by Crippen LogP contribution is 2.21. The molecule has 3 rings (SSSR count). The molecule has 0 aliphatic heterocycles. The topological polar surface area (TPSA) is 80.6 Å². The summed E-state index contributed by atoms with van der Waals surface area (Å²) in [4.78, 5) is 23.4. The molecule has 0 unspecified atom stereocenters. The second kappa shape index (κ2) is 8.34. The molecule has 0 fully saturated rings. The van der Waals surface area contributed by atoms with Crippen molar-refractivity contribution in [1.29, 1.82) is 0 Å². The van der Waals surface area contributed by atoms with Crippen molar-refractivity contribution in [2.45, 2.75) is 13.5 Å². The van der Waals surface area contributed by atoms with Crippen LogP contribution in [0.3, 0.4) is 0 Å². The smallest absolute Gasteiger partial charge is 0.291 e. The number of furan rings is 1. The Morgan fingerprint density at radius 3 is 2.46 bits per heavy atom. The molecular weight excluding hydrogens is 370 g/mol. The number of nitrogens with one attached hydrogen (secondary N) is 2. The lowest BCUT2D eigenvalue weighted by Crippen LogP contribution is -2.12. The molecule has 0 aliphatic carbocycles. The molecule has 0 spiro atoms. The van der Waals surface area contributed by atoms with Crippen LogP contribution in [0.5, 0.6) is 5.75 Å². The maximum Gasteiger partial charge on any atom is 0.291 e. The van der Waals surface area contributed by atoms with Crippen LogP contribution in [0.2, 0.25) is 0 Å². The largest absolute Gasteiger partial charge is 0.486 e. The molecule has 1 heterocycles. The van der Waals surface area contributed by atoms with E-state index in [1.165, 1.54) is 49.4 Å². The molecule has 28 heavy (non-hydrogen) atoms. The summed E-state index contributed by atoms with van der Waals surface area (Å²) in [5.41, 5.74) is 0.244. The Balaban J connectivity index is 1.62. The average Bonchev–Trinajstić information content (AvgIpc) is 3.13. The predicted molar refractivity (Wildman–Crippen MR) is 98.1 cm³/mol. The van der Waals surface area contributed by atoms with E-state index in [1.54, 1.807) is 6.07 Å². The summed E-state index contributed by atoms with van der Waals surface area (Å²) in [7, 11) is 0. The van der Waals surface area contributed by atoms with Gasteiger partial charge in [0.05, 0.1) is 5.69 Å². The van der Waals surface area contributed by atoms with Crippen LogP contribution < -0.4 is 15.4 Å². The van der Waals surface area contributed by atoms with E-state index in [0.717, 1.165) is 6.07 Å². The van der Waals surface area contributed by atoms with Crippen molar-refractivity contribution in [3.05, 3.63) is 77.8 Å². The van der Waals surface area contributed by atoms with Gasteiger partial charge >= 0.3 is 0 Å². The molecule has 2 N–H and O–H groups in total. The van der Waals surface area contributed by atoms with E-state index in [9.17, 15) is 18.4 Å². The number of rotatable bonds is 6. The molecule has 0 aliphatic rings. The van der Waals surface area contributed by atoms with Crippen LogP contribution >= 0.6 is 0 Å². The van der Waals surface area contributed by atoms with Crippen molar-refractivity contribution < 1.29 is 27.5 Å². The molecule has 144 valence electrons. The maximum absolute atomic E-state index is 13.7. The molecule has 6 nitrogen and oxygen atoms in total. The highest BCUT2D eigenvalue weighted by Gasteiger charge is 2.13. The van der Waals surface area contributed by atoms with E-state index in [2.05, 4.69) is 10.6 Å². The van der Waals surface area contributed by atoms with Crippen LogP contribution in [-0.4, -0.2) is 11.8 Å². The fourth-order valence-corrected chi connectivity index (χ4v) is 2.34. The molecule has 0 saturated carbocycles. The number of benzene rings is 2. The number of amides is 2. The Morgan fingerprint density at radius 1 is 1.00 bits per heavy atom. The van der Waals surface area contributed by atoms with Crippen molar-refractivity contribution >= 4 is 23.2 Å². The van der Waals surface area contributed by atoms with E-state index in [-0.39, 0.29) is 29.6 Å². The van der Waals surface area contributed by atoms with E-state index in [4.69, 9.17) is 9.15 Å². The third-order valence-electron chi connectivity index (χ3n) is 3.62. The molecular formula is C20H16F2N2O4. The monoisotopic (exact) mass is 386 g/mol. The average molecular weight is 386 g/mol. The number of hydrogen-bond acceptors (Lipinski definition) is 4. The SMILES string of the molecule is CC(=O)Nc1cc(NC(=O)c2ccc(COc3ccc(F)cc3)o2)ccc1F. The molecule has 2 amide bonds. The Hall–Kier alpha value is -3.68. The van der Waals surface area contributed by atoms with Gasteiger partial charge in [0.2, 0.25) is 5.91 Å². The van der Waals surface area contributed by atoms with Crippen molar-refractivity contribution in [2.75, 3.05) is 10.6 Å². The van der Waals surface area contributed by atoms with Gasteiger partial charge in [0.15, 0.2) is 5.76 Å². The third kappa shape index (κ3) is 4.94. The number of anilines is 2. The minimum atomic E-state index is -0.619. The van der Waals surface area contributed by atoms with Gasteiger partial charge in [-0.2, -0.15) is 0 Å². The zero-order valence-corrected chi connectivity index (χ0v) is 14.8. The first-order valence-corrected chi connectivity index (χ1v) is 8.26. The van der Waals surface area contributed by atoms with Crippen molar-refractivity contribution in [3.63, 3.8) is 0 Å². The standard InChI is InChI=1S/C20H16F2N2O4/c1-12(25)23-18-10-14(4-8-17(18)22)24-20(26)19-9-7-16(28-19)11-27-15-5-2-13(21)3-6-15/h2-10H,11H2,1H3,(H,23,25)(H,24,26). The summed E-state index contributed by atoms with van der Waals surface area (Å²) in [6, 6.07) is 12.3. The Labute approximate surface area is 159 Å². The van der Waals surface area contributed by atoms with Gasteiger partial charge in [0.25, 0.3) is 5.91 Å². The van der Waals surface area contributed by atoms with Gasteiger partial charge in [-0.15, -0.1) is 0 Å². The molecule has 0 radical (unpaired) electrons. The molecule has 0 bridgehead atoms. The van der Waals surface area contributed by atoms with Crippen LogP contribution in [-0.2, 0) is 11.4 Å². The minimum Gasteiger partial charge on any atom is -0.486 e. The zero-order valence-electron chi connectivity index (χ0n) is 14.8. The van der Waals surface area contributed by atoms with Gasteiger partial charge in [-0.05, 0) is 54.6 Å². The fourth-order valence-electron chi connectivity index (χ4n) is 2.34. The molecule has 3 aromatic rings. The van der Waals surface area contributed by atoms with E-state index in [0.29, 0.717) is 11.5 Å². The highest BCUT2D eigenvalue weighted by molar-refractivity contribution is 6.02. The Kier molecular flexibility index (Phi) is 5.69. The summed E-state index contributed by atoms with van der Waals surface area (Å²) in [6.07, 6.45) is 0. The van der Waals surface area contributed by atoms with Gasteiger partial charge in [0.1, 0.15) is 29.8 Å². The van der Waals surface area contributed by atoms with Crippen molar-refractivity contribution in [2.24, 2.45) is 0 Å². The van der Waals surface area contributed by atoms with Crippen molar-refractivity contribution in [3.8, 4) is 5.75 Å². The van der Waals surface area contributed by atoms with E-state index >= 15 is 0 Å². The second-order valence-electron chi connectivity index (χ2n) is 5.84. The Morgan fingerprint density at radius 2 is 1.75 bits per heavy atom. The second-order valence-corrected chi connectivity index (χ2v) is 5.84. The lowest BCUT2D eigenvalue weighted by atomic mass is 10.2. The zero-order chi connectivity index (χ0) is 20.1. The van der Waals surface area contributed by atoms with Gasteiger partial charge in [-0.25, -0.2) is 8.78 Å². The maximum atomic E-state index is 13.7. The fraction of sp³-hybridized carbons (Fsp3) is 0.100. The first-order valence-electron chi connectivity index (χ1n) is 8.26. The lowest BCUT2D eigenvalue weighted by molar-refractivity contribution is -0.114. The molecule has 1 aromatic heterocycles. The van der Waals surface area contributed by atoms with E-state index < -0.39 is 17.6 Å². The van der Waals surface area contributed by atoms with Gasteiger partial charge in [-0.1, -0.05) is 0 Å². The number of carbonyl (C=O) groups is 2. The predicted octanol–water partition coefficient (Wildman–Crippen LogP) is 4.35. The molecule has 0 saturated heterocycles. The first kappa shape index (κ1) is 19.1. The number of ether oxygens (including phenoxy) is 1. The van der Waals surface area contributed by atoms with E-state index in [1.807, 2.05) is 0 Å². The van der Waals surface area contributed by atoms with Gasteiger partial charge in [0, 0.05) is 12.6 Å². The molecule has 0 atom stereocenters. The summed E-state index contributed by atoms with van der Waals surface area (Å²) >= 11 is 0. The van der Waals surface area contributed by atoms with Crippen LogP contribution in [0.25, 0.3) is 0 Å². The van der Waals surface area contributed by atoms with Crippen LogP contribution in [0.15, 0.2) is 59.0 Å². The van der Waals surface area contributed by atoms with Gasteiger partial charge < -0.3 is 19.8 Å². The van der Waals surface area contributed by atoms with Gasteiger partial charge in [-0.3, -0.25) is 9.59 Å². The number of hydrogen-bond donors (Lipinski definition) is 2. The lowest BCUT2D eigenvalue weighted by Gasteiger charge is -2.08. The molecule has 2 aromatic carbocycles. The summed E-state index contributed by atoms with van der Waals surface area (Å²) in [5.74, 6) is -1.08. The van der Waals surface area contributed by atoms with Crippen LogP contribution in [0.1, 0.15) is 23.2 Å². The summed E-state index contributed by atoms with van der Waals surface area (Å²) in [5, 5.41) is 4.90. The van der Waals surface area contributed by atoms with Crippen molar-refractivity contribution in [1.82, 2.24) is 0 Å². The minimum absolute atomic E-state index is 0.0307. The van der Waals surface area contributed by atoms with Crippen LogP contribution in [0, 0.1) is 11.6 Å². The third-order valence-corrected chi connectivity index (χ3v) is 3.62. The molecule has 8 heteroatoms.